The molecule has 0 aliphatic carbocycles. The fourth-order valence-corrected chi connectivity index (χ4v) is 3.29. The van der Waals surface area contributed by atoms with E-state index in [1.807, 2.05) is 13.8 Å². The molecule has 8 heteroatoms. The molecule has 0 aliphatic heterocycles. The zero-order valence-corrected chi connectivity index (χ0v) is 19.9. The van der Waals surface area contributed by atoms with E-state index in [0.29, 0.717) is 41.5 Å². The maximum atomic E-state index is 13.1. The Morgan fingerprint density at radius 3 is 2.06 bits per heavy atom. The molecule has 7 nitrogen and oxygen atoms in total. The Kier molecular flexibility index (Phi) is 8.93. The molecule has 1 N–H and O–H groups in total. The van der Waals surface area contributed by atoms with Gasteiger partial charge in [-0.2, -0.15) is 0 Å². The number of carbonyl (C=O) groups excluding carboxylic acids is 2. The minimum Gasteiger partial charge on any atom is -0.493 e. The summed E-state index contributed by atoms with van der Waals surface area (Å²) in [5.74, 6) is 0.593. The van der Waals surface area contributed by atoms with Gasteiger partial charge < -0.3 is 24.4 Å². The highest BCUT2D eigenvalue weighted by Crippen LogP contribution is 2.40. The number of methoxy groups -OCH3 is 3. The summed E-state index contributed by atoms with van der Waals surface area (Å²) in [6, 6.07) is 10.3. The quantitative estimate of drug-likeness (QED) is 0.535. The van der Waals surface area contributed by atoms with Crippen LogP contribution in [0.5, 0.6) is 17.2 Å². The summed E-state index contributed by atoms with van der Waals surface area (Å²) >= 11 is 3.35. The largest absolute Gasteiger partial charge is 0.493 e. The minimum absolute atomic E-state index is 0.127. The van der Waals surface area contributed by atoms with Crippen molar-refractivity contribution in [1.29, 1.82) is 0 Å². The number of nitrogens with zero attached hydrogens (tertiary/aromatic N) is 1. The highest BCUT2D eigenvalue weighted by Gasteiger charge is 2.21. The Morgan fingerprint density at radius 1 is 0.935 bits per heavy atom. The van der Waals surface area contributed by atoms with Crippen molar-refractivity contribution in [2.75, 3.05) is 34.4 Å². The summed E-state index contributed by atoms with van der Waals surface area (Å²) in [5, 5.41) is 2.76. The second-order valence-corrected chi connectivity index (χ2v) is 7.34. The molecule has 0 aromatic heterocycles. The van der Waals surface area contributed by atoms with Crippen LogP contribution in [0.15, 0.2) is 46.6 Å². The number of halogens is 1. The van der Waals surface area contributed by atoms with Gasteiger partial charge >= 0.3 is 0 Å². The number of likely N-dealkylation sites (N-methyl/N-ethyl adjacent to an activating group) is 1. The van der Waals surface area contributed by atoms with Crippen LogP contribution in [0.3, 0.4) is 0 Å². The molecule has 2 amide bonds. The fourth-order valence-electron chi connectivity index (χ4n) is 3.02. The van der Waals surface area contributed by atoms with Gasteiger partial charge in [0.15, 0.2) is 11.5 Å². The van der Waals surface area contributed by atoms with Gasteiger partial charge in [0, 0.05) is 28.7 Å². The van der Waals surface area contributed by atoms with E-state index in [2.05, 4.69) is 21.2 Å². The van der Waals surface area contributed by atoms with Crippen LogP contribution in [-0.2, 0) is 4.79 Å². The fraction of sp³-hybridized carbons (Fsp3) is 0.304. The number of rotatable bonds is 9. The van der Waals surface area contributed by atoms with Crippen molar-refractivity contribution >= 4 is 33.8 Å². The zero-order valence-electron chi connectivity index (χ0n) is 18.3. The van der Waals surface area contributed by atoms with Crippen molar-refractivity contribution in [3.8, 4) is 17.2 Å². The molecule has 0 bridgehead atoms. The van der Waals surface area contributed by atoms with Crippen molar-refractivity contribution < 1.29 is 23.8 Å². The van der Waals surface area contributed by atoms with Gasteiger partial charge in [-0.1, -0.05) is 15.9 Å². The third-order valence-corrected chi connectivity index (χ3v) is 5.20. The third kappa shape index (κ3) is 5.79. The molecular formula is C23H27BrN2O5. The maximum Gasteiger partial charge on any atom is 0.270 e. The van der Waals surface area contributed by atoms with Crippen LogP contribution in [-0.4, -0.2) is 51.1 Å². The van der Waals surface area contributed by atoms with Crippen LogP contribution < -0.4 is 19.5 Å². The van der Waals surface area contributed by atoms with Gasteiger partial charge in [0.05, 0.1) is 21.3 Å². The van der Waals surface area contributed by atoms with Crippen molar-refractivity contribution in [2.24, 2.45) is 0 Å². The first-order valence-corrected chi connectivity index (χ1v) is 10.6. The van der Waals surface area contributed by atoms with E-state index in [1.165, 1.54) is 21.3 Å². The van der Waals surface area contributed by atoms with E-state index in [1.54, 1.807) is 47.4 Å². The zero-order chi connectivity index (χ0) is 23.0. The number of hydrogen-bond acceptors (Lipinski definition) is 5. The Labute approximate surface area is 191 Å². The van der Waals surface area contributed by atoms with Crippen molar-refractivity contribution in [3.63, 3.8) is 0 Å². The predicted molar refractivity (Wildman–Crippen MR) is 124 cm³/mol. The normalized spacial score (nSPS) is 11.0. The first kappa shape index (κ1) is 24.3. The topological polar surface area (TPSA) is 77.1 Å². The monoisotopic (exact) mass is 490 g/mol. The average molecular weight is 491 g/mol. The Bertz CT molecular complexity index is 953. The van der Waals surface area contributed by atoms with Crippen LogP contribution in [0.25, 0.3) is 6.08 Å². The summed E-state index contributed by atoms with van der Waals surface area (Å²) in [6.45, 7) is 4.77. The lowest BCUT2D eigenvalue weighted by Gasteiger charge is -2.21. The van der Waals surface area contributed by atoms with E-state index in [9.17, 15) is 9.59 Å². The number of benzene rings is 2. The van der Waals surface area contributed by atoms with E-state index in [0.717, 1.165) is 4.47 Å². The molecular weight excluding hydrogens is 464 g/mol. The molecule has 2 aromatic rings. The lowest BCUT2D eigenvalue weighted by molar-refractivity contribution is -0.127. The molecule has 0 heterocycles. The van der Waals surface area contributed by atoms with Crippen LogP contribution in [0, 0.1) is 0 Å². The molecule has 0 saturated carbocycles. The van der Waals surface area contributed by atoms with Gasteiger partial charge in [0.1, 0.15) is 5.70 Å². The van der Waals surface area contributed by atoms with Gasteiger partial charge in [-0.15, -0.1) is 0 Å². The first-order valence-electron chi connectivity index (χ1n) is 9.76. The van der Waals surface area contributed by atoms with E-state index in [-0.39, 0.29) is 11.6 Å². The van der Waals surface area contributed by atoms with Crippen LogP contribution in [0.2, 0.25) is 0 Å². The van der Waals surface area contributed by atoms with E-state index in [4.69, 9.17) is 14.2 Å². The smallest absolute Gasteiger partial charge is 0.270 e. The van der Waals surface area contributed by atoms with Gasteiger partial charge in [0.2, 0.25) is 5.75 Å². The molecule has 2 rings (SSSR count). The van der Waals surface area contributed by atoms with Crippen LogP contribution >= 0.6 is 15.9 Å². The van der Waals surface area contributed by atoms with Crippen molar-refractivity contribution in [3.05, 3.63) is 57.7 Å². The van der Waals surface area contributed by atoms with Gasteiger partial charge in [-0.25, -0.2) is 0 Å². The van der Waals surface area contributed by atoms with E-state index >= 15 is 0 Å². The second kappa shape index (κ2) is 11.4. The number of carbonyl (C=O) groups is 2. The molecule has 31 heavy (non-hydrogen) atoms. The number of nitrogens with one attached hydrogen (secondary N) is 1. The maximum absolute atomic E-state index is 13.1. The van der Waals surface area contributed by atoms with Crippen molar-refractivity contribution in [1.82, 2.24) is 10.2 Å². The predicted octanol–water partition coefficient (Wildman–Crippen LogP) is 4.11. The average Bonchev–Trinajstić information content (AvgIpc) is 2.79. The summed E-state index contributed by atoms with van der Waals surface area (Å²) in [5.41, 5.74) is 1.12. The first-order chi connectivity index (χ1) is 14.9. The Hall–Kier alpha value is -3.00. The summed E-state index contributed by atoms with van der Waals surface area (Å²) in [7, 11) is 4.53. The Morgan fingerprint density at radius 2 is 1.55 bits per heavy atom. The molecule has 0 fully saturated rings. The number of ether oxygens (including phenoxy) is 3. The standard InChI is InChI=1S/C23H27BrN2O5/c1-6-26(7-2)23(28)18(25-22(27)15-8-11-17(24)12-9-15)14-16-10-13-19(29-3)21(31-5)20(16)30-4/h8-14H,6-7H2,1-5H3,(H,25,27)/b18-14-. The summed E-state index contributed by atoms with van der Waals surface area (Å²) in [6.07, 6.45) is 1.58. The van der Waals surface area contributed by atoms with Gasteiger partial charge in [0.25, 0.3) is 11.8 Å². The minimum atomic E-state index is -0.390. The van der Waals surface area contributed by atoms with E-state index < -0.39 is 5.91 Å². The molecule has 0 saturated heterocycles. The molecule has 0 atom stereocenters. The molecule has 0 radical (unpaired) electrons. The highest BCUT2D eigenvalue weighted by atomic mass is 79.9. The molecule has 0 aliphatic rings. The molecule has 166 valence electrons. The molecule has 0 spiro atoms. The summed E-state index contributed by atoms with van der Waals surface area (Å²) in [4.78, 5) is 27.6. The third-order valence-electron chi connectivity index (χ3n) is 4.67. The van der Waals surface area contributed by atoms with Crippen molar-refractivity contribution in [2.45, 2.75) is 13.8 Å². The van der Waals surface area contributed by atoms with Crippen LogP contribution in [0.1, 0.15) is 29.8 Å². The number of hydrogen-bond donors (Lipinski definition) is 1. The van der Waals surface area contributed by atoms with Crippen LogP contribution in [0.4, 0.5) is 0 Å². The molecule has 2 aromatic carbocycles. The highest BCUT2D eigenvalue weighted by molar-refractivity contribution is 9.10. The molecule has 0 unspecified atom stereocenters. The van der Waals surface area contributed by atoms with Gasteiger partial charge in [-0.3, -0.25) is 9.59 Å². The Balaban J connectivity index is 2.54. The lowest BCUT2D eigenvalue weighted by atomic mass is 10.1. The lowest BCUT2D eigenvalue weighted by Crippen LogP contribution is -2.38. The SMILES string of the molecule is CCN(CC)C(=O)/C(=C/c1ccc(OC)c(OC)c1OC)NC(=O)c1ccc(Br)cc1. The van der Waals surface area contributed by atoms with Gasteiger partial charge in [-0.05, 0) is 56.3 Å². The summed E-state index contributed by atoms with van der Waals surface area (Å²) < 4.78 is 17.1. The number of amides is 2. The second-order valence-electron chi connectivity index (χ2n) is 6.42.